The highest BCUT2D eigenvalue weighted by atomic mass is 15.3. The average Bonchev–Trinajstić information content (AvgIpc) is 2.42. The Morgan fingerprint density at radius 3 is 2.17 bits per heavy atom. The minimum Gasteiger partial charge on any atom is -0.293 e. The first-order valence-corrected chi connectivity index (χ1v) is 5.28. The Labute approximate surface area is 76.1 Å². The van der Waals surface area contributed by atoms with Crippen LogP contribution >= 0.6 is 0 Å². The first kappa shape index (κ1) is 8.55. The molecule has 0 aromatic rings. The summed E-state index contributed by atoms with van der Waals surface area (Å²) in [5, 5.41) is 0. The van der Waals surface area contributed by atoms with Gasteiger partial charge in [-0.1, -0.05) is 0 Å². The summed E-state index contributed by atoms with van der Waals surface area (Å²) >= 11 is 0. The predicted molar refractivity (Wildman–Crippen MR) is 52.2 cm³/mol. The molecule has 2 rings (SSSR count). The van der Waals surface area contributed by atoms with E-state index in [1.807, 2.05) is 0 Å². The van der Waals surface area contributed by atoms with Gasteiger partial charge in [0.2, 0.25) is 0 Å². The van der Waals surface area contributed by atoms with E-state index in [0.29, 0.717) is 5.54 Å². The lowest BCUT2D eigenvalue weighted by molar-refractivity contribution is 0.0518. The van der Waals surface area contributed by atoms with E-state index in [-0.39, 0.29) is 0 Å². The Kier molecular flexibility index (Phi) is 1.76. The van der Waals surface area contributed by atoms with E-state index in [1.165, 1.54) is 19.3 Å². The van der Waals surface area contributed by atoms with Gasteiger partial charge in [-0.2, -0.15) is 0 Å². The number of hydrogen-bond donors (Lipinski definition) is 0. The Morgan fingerprint density at radius 2 is 1.83 bits per heavy atom. The molecule has 1 saturated carbocycles. The average molecular weight is 167 g/mol. The van der Waals surface area contributed by atoms with Gasteiger partial charge >= 0.3 is 0 Å². The van der Waals surface area contributed by atoms with Crippen LogP contribution in [0.25, 0.3) is 0 Å². The number of hydrogen-bond acceptors (Lipinski definition) is 1. The summed E-state index contributed by atoms with van der Waals surface area (Å²) < 4.78 is 0. The van der Waals surface area contributed by atoms with Crippen molar-refractivity contribution < 1.29 is 0 Å². The van der Waals surface area contributed by atoms with E-state index < -0.39 is 0 Å². The largest absolute Gasteiger partial charge is 0.293 e. The highest BCUT2D eigenvalue weighted by Crippen LogP contribution is 2.45. The molecule has 3 atom stereocenters. The summed E-state index contributed by atoms with van der Waals surface area (Å²) in [5.41, 5.74) is 0.388. The molecule has 1 saturated heterocycles. The molecule has 3 unspecified atom stereocenters. The van der Waals surface area contributed by atoms with Crippen LogP contribution in [-0.2, 0) is 0 Å². The highest BCUT2D eigenvalue weighted by Gasteiger charge is 2.47. The lowest BCUT2D eigenvalue weighted by atomic mass is 9.95. The van der Waals surface area contributed by atoms with Crippen LogP contribution in [0.1, 0.15) is 47.0 Å². The monoisotopic (exact) mass is 167 g/mol. The van der Waals surface area contributed by atoms with Crippen molar-refractivity contribution in [3.8, 4) is 0 Å². The summed E-state index contributed by atoms with van der Waals surface area (Å²) in [6.07, 6.45) is 4.41. The van der Waals surface area contributed by atoms with E-state index in [4.69, 9.17) is 0 Å². The van der Waals surface area contributed by atoms with E-state index in [0.717, 1.165) is 18.0 Å². The van der Waals surface area contributed by atoms with Crippen molar-refractivity contribution in [2.45, 2.75) is 64.6 Å². The molecular weight excluding hydrogens is 146 g/mol. The molecule has 0 radical (unpaired) electrons. The van der Waals surface area contributed by atoms with Crippen LogP contribution in [0, 0.1) is 5.92 Å². The van der Waals surface area contributed by atoms with Crippen LogP contribution in [0.3, 0.4) is 0 Å². The van der Waals surface area contributed by atoms with Crippen LogP contribution in [0.5, 0.6) is 0 Å². The third-order valence-corrected chi connectivity index (χ3v) is 3.73. The molecule has 1 aliphatic carbocycles. The molecule has 1 aliphatic heterocycles. The second-order valence-electron chi connectivity index (χ2n) is 5.55. The molecule has 0 spiro atoms. The molecule has 1 heterocycles. The smallest absolute Gasteiger partial charge is 0.0130 e. The number of nitrogens with zero attached hydrogens (tertiary/aromatic N) is 1. The van der Waals surface area contributed by atoms with Gasteiger partial charge in [-0.25, -0.2) is 0 Å². The standard InChI is InChI=1S/C11H21N/c1-8-9-5-6-10(7-9)12(8)11(2,3)4/h8-10H,5-7H2,1-4H3. The first-order valence-electron chi connectivity index (χ1n) is 5.28. The van der Waals surface area contributed by atoms with Gasteiger partial charge in [-0.15, -0.1) is 0 Å². The maximum Gasteiger partial charge on any atom is 0.0130 e. The van der Waals surface area contributed by atoms with Crippen molar-refractivity contribution in [2.75, 3.05) is 0 Å². The summed E-state index contributed by atoms with van der Waals surface area (Å²) in [7, 11) is 0. The maximum atomic E-state index is 2.74. The third-order valence-electron chi connectivity index (χ3n) is 3.73. The zero-order valence-electron chi connectivity index (χ0n) is 8.80. The van der Waals surface area contributed by atoms with Gasteiger partial charge in [0.25, 0.3) is 0 Å². The van der Waals surface area contributed by atoms with Gasteiger partial charge in [0.05, 0.1) is 0 Å². The third kappa shape index (κ3) is 1.10. The normalized spacial score (nSPS) is 42.5. The van der Waals surface area contributed by atoms with E-state index >= 15 is 0 Å². The molecule has 1 heteroatoms. The topological polar surface area (TPSA) is 3.24 Å². The van der Waals surface area contributed by atoms with Crippen molar-refractivity contribution in [1.82, 2.24) is 4.90 Å². The van der Waals surface area contributed by atoms with Gasteiger partial charge in [0.15, 0.2) is 0 Å². The van der Waals surface area contributed by atoms with E-state index in [9.17, 15) is 0 Å². The fraction of sp³-hybridized carbons (Fsp3) is 1.00. The lowest BCUT2D eigenvalue weighted by Gasteiger charge is -2.43. The van der Waals surface area contributed by atoms with Crippen molar-refractivity contribution in [1.29, 1.82) is 0 Å². The van der Waals surface area contributed by atoms with Crippen molar-refractivity contribution in [3.63, 3.8) is 0 Å². The summed E-state index contributed by atoms with van der Waals surface area (Å²) in [6, 6.07) is 1.74. The van der Waals surface area contributed by atoms with Crippen LogP contribution in [-0.4, -0.2) is 22.5 Å². The number of fused-ring (bicyclic) bond motifs is 2. The van der Waals surface area contributed by atoms with Crippen LogP contribution in [0.15, 0.2) is 0 Å². The quantitative estimate of drug-likeness (QED) is 0.536. The summed E-state index contributed by atoms with van der Waals surface area (Å²) in [5.74, 6) is 1.01. The number of rotatable bonds is 0. The van der Waals surface area contributed by atoms with E-state index in [2.05, 4.69) is 32.6 Å². The maximum absolute atomic E-state index is 2.74. The molecule has 0 aromatic heterocycles. The van der Waals surface area contributed by atoms with Gasteiger partial charge < -0.3 is 0 Å². The minimum atomic E-state index is 0.388. The molecule has 12 heavy (non-hydrogen) atoms. The van der Waals surface area contributed by atoms with Crippen molar-refractivity contribution >= 4 is 0 Å². The first-order chi connectivity index (χ1) is 5.50. The SMILES string of the molecule is CC1C2CCC(C2)N1C(C)(C)C. The lowest BCUT2D eigenvalue weighted by Crippen LogP contribution is -2.50. The second kappa shape index (κ2) is 2.47. The van der Waals surface area contributed by atoms with Gasteiger partial charge in [0, 0.05) is 17.6 Å². The molecule has 2 aliphatic rings. The fourth-order valence-corrected chi connectivity index (χ4v) is 3.40. The molecule has 2 fully saturated rings. The summed E-state index contributed by atoms with van der Waals surface area (Å²) in [4.78, 5) is 2.74. The zero-order chi connectivity index (χ0) is 8.93. The molecule has 1 nitrogen and oxygen atoms in total. The Hall–Kier alpha value is -0.0400. The minimum absolute atomic E-state index is 0.388. The van der Waals surface area contributed by atoms with Crippen LogP contribution in [0.4, 0.5) is 0 Å². The Morgan fingerprint density at radius 1 is 1.17 bits per heavy atom. The molecule has 70 valence electrons. The van der Waals surface area contributed by atoms with Gasteiger partial charge in [-0.05, 0) is 52.9 Å². The van der Waals surface area contributed by atoms with Crippen molar-refractivity contribution in [2.24, 2.45) is 5.92 Å². The van der Waals surface area contributed by atoms with Gasteiger partial charge in [-0.3, -0.25) is 4.90 Å². The Balaban J connectivity index is 2.17. The van der Waals surface area contributed by atoms with Crippen molar-refractivity contribution in [3.05, 3.63) is 0 Å². The zero-order valence-corrected chi connectivity index (χ0v) is 8.80. The molecule has 0 amide bonds. The number of likely N-dealkylation sites (tertiary alicyclic amines) is 1. The van der Waals surface area contributed by atoms with E-state index in [1.54, 1.807) is 0 Å². The van der Waals surface area contributed by atoms with Crippen LogP contribution in [0.2, 0.25) is 0 Å². The molecule has 2 bridgehead atoms. The van der Waals surface area contributed by atoms with Crippen LogP contribution < -0.4 is 0 Å². The molecule has 0 N–H and O–H groups in total. The Bertz CT molecular complexity index is 178. The predicted octanol–water partition coefficient (Wildman–Crippen LogP) is 2.66. The summed E-state index contributed by atoms with van der Waals surface area (Å²) in [6.45, 7) is 9.47. The second-order valence-corrected chi connectivity index (χ2v) is 5.55. The fourth-order valence-electron chi connectivity index (χ4n) is 3.40. The molecular formula is C11H21N. The molecule has 0 aromatic carbocycles. The highest BCUT2D eigenvalue weighted by molar-refractivity contribution is 5.01. The van der Waals surface area contributed by atoms with Gasteiger partial charge in [0.1, 0.15) is 0 Å². The number of piperidine rings is 1.